The fraction of sp³-hybridized carbons (Fsp3) is 0. The first-order chi connectivity index (χ1) is 23.8. The van der Waals surface area contributed by atoms with Crippen molar-refractivity contribution in [3.63, 3.8) is 0 Å². The molecule has 11 rings (SSSR count). The van der Waals surface area contributed by atoms with E-state index >= 15 is 0 Å². The highest BCUT2D eigenvalue weighted by Gasteiger charge is 2.27. The quantitative estimate of drug-likeness (QED) is 0.198. The molecule has 7 aromatic carbocycles. The highest BCUT2D eigenvalue weighted by molar-refractivity contribution is 6.37. The first-order valence-electron chi connectivity index (χ1n) is 16.1. The van der Waals surface area contributed by atoms with Gasteiger partial charge in [0.2, 0.25) is 0 Å². The molecule has 0 atom stereocenters. The minimum atomic E-state index is 0.627. The summed E-state index contributed by atoms with van der Waals surface area (Å²) >= 11 is 0. The van der Waals surface area contributed by atoms with Crippen molar-refractivity contribution in [2.24, 2.45) is 0 Å². The van der Waals surface area contributed by atoms with Gasteiger partial charge in [-0.05, 0) is 52.9 Å². The largest absolute Gasteiger partial charge is 0.456 e. The van der Waals surface area contributed by atoms with Gasteiger partial charge in [-0.1, -0.05) is 109 Å². The Labute approximate surface area is 274 Å². The first-order valence-corrected chi connectivity index (χ1v) is 16.1. The summed E-state index contributed by atoms with van der Waals surface area (Å²) in [5.41, 5.74) is 10.3. The van der Waals surface area contributed by atoms with E-state index < -0.39 is 0 Å². The molecule has 0 radical (unpaired) electrons. The Hall–Kier alpha value is -6.59. The predicted molar refractivity (Wildman–Crippen MR) is 194 cm³/mol. The maximum absolute atomic E-state index is 6.45. The van der Waals surface area contributed by atoms with E-state index in [1.165, 1.54) is 43.4 Å². The van der Waals surface area contributed by atoms with Gasteiger partial charge in [-0.15, -0.1) is 0 Å². The summed E-state index contributed by atoms with van der Waals surface area (Å²) in [7, 11) is 0. The number of nitrogens with zero attached hydrogens (tertiary/aromatic N) is 4. The highest BCUT2D eigenvalue weighted by atomic mass is 16.3. The Bertz CT molecular complexity index is 2880. The molecular weight excluding hydrogens is 589 g/mol. The van der Waals surface area contributed by atoms with Crippen LogP contribution in [0.3, 0.4) is 0 Å². The van der Waals surface area contributed by atoms with Crippen molar-refractivity contribution >= 4 is 54.5 Å². The van der Waals surface area contributed by atoms with Gasteiger partial charge in [-0.2, -0.15) is 0 Å². The van der Waals surface area contributed by atoms with E-state index in [4.69, 9.17) is 19.4 Å². The summed E-state index contributed by atoms with van der Waals surface area (Å²) in [5, 5.41) is 7.30. The van der Waals surface area contributed by atoms with Gasteiger partial charge >= 0.3 is 0 Å². The van der Waals surface area contributed by atoms with Crippen LogP contribution in [0.15, 0.2) is 150 Å². The molecule has 5 nitrogen and oxygen atoms in total. The molecule has 0 N–H and O–H groups in total. The van der Waals surface area contributed by atoms with Gasteiger partial charge < -0.3 is 8.98 Å². The number of furan rings is 1. The molecule has 3 heterocycles. The summed E-state index contributed by atoms with van der Waals surface area (Å²) in [4.78, 5) is 15.2. The molecule has 0 unspecified atom stereocenters. The Morgan fingerprint density at radius 3 is 1.73 bits per heavy atom. The van der Waals surface area contributed by atoms with Crippen LogP contribution in [-0.4, -0.2) is 19.5 Å². The topological polar surface area (TPSA) is 56.7 Å². The fourth-order valence-corrected chi connectivity index (χ4v) is 7.77. The zero-order valence-corrected chi connectivity index (χ0v) is 25.6. The molecule has 0 bridgehead atoms. The molecule has 1 aliphatic rings. The second-order valence-corrected chi connectivity index (χ2v) is 12.4. The van der Waals surface area contributed by atoms with Gasteiger partial charge in [-0.25, -0.2) is 15.0 Å². The SMILES string of the molecule is c1ccc(-c2nc(-c3ccccc3)nc(-c3ccccc3-n3c4cccc5c4c4c6c(ccc7oc8cccc-5c8c76)ccc43)n2)cc1. The zero-order valence-electron chi connectivity index (χ0n) is 25.6. The van der Waals surface area contributed by atoms with Crippen LogP contribution >= 0.6 is 0 Å². The van der Waals surface area contributed by atoms with Crippen molar-refractivity contribution in [1.29, 1.82) is 0 Å². The van der Waals surface area contributed by atoms with Crippen molar-refractivity contribution in [1.82, 2.24) is 19.5 Å². The van der Waals surface area contributed by atoms with Crippen molar-refractivity contribution in [3.8, 4) is 51.0 Å². The van der Waals surface area contributed by atoms with Crippen LogP contribution < -0.4 is 0 Å². The lowest BCUT2D eigenvalue weighted by Gasteiger charge is -2.15. The van der Waals surface area contributed by atoms with Gasteiger partial charge in [0.25, 0.3) is 0 Å². The smallest absolute Gasteiger partial charge is 0.166 e. The van der Waals surface area contributed by atoms with E-state index in [9.17, 15) is 0 Å². The number of fused-ring (bicyclic) bond motifs is 1. The molecule has 48 heavy (non-hydrogen) atoms. The summed E-state index contributed by atoms with van der Waals surface area (Å²) < 4.78 is 8.84. The Balaban J connectivity index is 1.26. The van der Waals surface area contributed by atoms with E-state index in [1.54, 1.807) is 0 Å². The van der Waals surface area contributed by atoms with Crippen molar-refractivity contribution in [2.75, 3.05) is 0 Å². The maximum Gasteiger partial charge on any atom is 0.166 e. The lowest BCUT2D eigenvalue weighted by Crippen LogP contribution is -2.03. The highest BCUT2D eigenvalue weighted by Crippen LogP contribution is 2.51. The Kier molecular flexibility index (Phi) is 5.05. The van der Waals surface area contributed by atoms with Crippen molar-refractivity contribution in [3.05, 3.63) is 146 Å². The minimum Gasteiger partial charge on any atom is -0.456 e. The number of aromatic nitrogens is 4. The van der Waals surface area contributed by atoms with Crippen molar-refractivity contribution in [2.45, 2.75) is 0 Å². The fourth-order valence-electron chi connectivity index (χ4n) is 7.77. The van der Waals surface area contributed by atoms with E-state index in [0.29, 0.717) is 17.5 Å². The average Bonchev–Trinajstić information content (AvgIpc) is 3.67. The average molecular weight is 613 g/mol. The second-order valence-electron chi connectivity index (χ2n) is 12.4. The van der Waals surface area contributed by atoms with Crippen LogP contribution in [0, 0.1) is 0 Å². The van der Waals surface area contributed by atoms with E-state index in [2.05, 4.69) is 89.5 Å². The van der Waals surface area contributed by atoms with Crippen molar-refractivity contribution < 1.29 is 4.42 Å². The molecule has 1 aliphatic carbocycles. The van der Waals surface area contributed by atoms with Gasteiger partial charge in [0.15, 0.2) is 17.5 Å². The third-order valence-electron chi connectivity index (χ3n) is 9.77. The molecule has 0 fully saturated rings. The van der Waals surface area contributed by atoms with Crippen LogP contribution in [0.2, 0.25) is 0 Å². The van der Waals surface area contributed by atoms with Crippen LogP contribution in [0.4, 0.5) is 0 Å². The number of hydrogen-bond donors (Lipinski definition) is 0. The van der Waals surface area contributed by atoms with E-state index in [-0.39, 0.29) is 0 Å². The lowest BCUT2D eigenvalue weighted by atomic mass is 9.98. The first kappa shape index (κ1) is 25.6. The standard InChI is InChI=1S/C43H24N4O/c1-3-11-26(12-4-1)41-44-42(27-13-5-2-6-14-27)46-43(45-41)30-15-7-8-18-31(30)47-32-19-9-16-28-29-17-10-20-34-38(29)40-35(48-34)24-22-25-21-23-33(47)39(36(25)40)37(28)32/h1-24H. The third kappa shape index (κ3) is 3.42. The summed E-state index contributed by atoms with van der Waals surface area (Å²) in [6, 6.07) is 50.6. The molecular formula is C43H24N4O. The van der Waals surface area contributed by atoms with E-state index in [0.717, 1.165) is 44.6 Å². The molecule has 3 aromatic heterocycles. The number of rotatable bonds is 4. The summed E-state index contributed by atoms with van der Waals surface area (Å²) in [5.74, 6) is 1.91. The lowest BCUT2D eigenvalue weighted by molar-refractivity contribution is 0.669. The molecule has 222 valence electrons. The molecule has 0 saturated heterocycles. The van der Waals surface area contributed by atoms with Gasteiger partial charge in [0.1, 0.15) is 11.2 Å². The monoisotopic (exact) mass is 612 g/mol. The van der Waals surface area contributed by atoms with Crippen LogP contribution in [0.1, 0.15) is 0 Å². The molecule has 10 aromatic rings. The normalized spacial score (nSPS) is 12.2. The van der Waals surface area contributed by atoms with E-state index in [1.807, 2.05) is 60.7 Å². The zero-order chi connectivity index (χ0) is 31.3. The molecule has 0 saturated carbocycles. The predicted octanol–water partition coefficient (Wildman–Crippen LogP) is 11.0. The van der Waals surface area contributed by atoms with Crippen LogP contribution in [-0.2, 0) is 0 Å². The van der Waals surface area contributed by atoms with Gasteiger partial charge in [0.05, 0.1) is 16.7 Å². The number of hydrogen-bond acceptors (Lipinski definition) is 4. The minimum absolute atomic E-state index is 0.627. The molecule has 0 aliphatic heterocycles. The molecule has 0 spiro atoms. The Morgan fingerprint density at radius 1 is 0.375 bits per heavy atom. The summed E-state index contributed by atoms with van der Waals surface area (Å²) in [6.07, 6.45) is 0. The third-order valence-corrected chi connectivity index (χ3v) is 9.77. The molecule has 5 heteroatoms. The van der Waals surface area contributed by atoms with Gasteiger partial charge in [-0.3, -0.25) is 0 Å². The second kappa shape index (κ2) is 9.47. The van der Waals surface area contributed by atoms with Gasteiger partial charge in [0, 0.05) is 43.6 Å². The maximum atomic E-state index is 6.45. The number of para-hydroxylation sites is 1. The Morgan fingerprint density at radius 2 is 0.958 bits per heavy atom. The molecule has 0 amide bonds. The van der Waals surface area contributed by atoms with Crippen LogP contribution in [0.5, 0.6) is 0 Å². The van der Waals surface area contributed by atoms with Crippen LogP contribution in [0.25, 0.3) is 105 Å². The number of benzene rings is 7. The summed E-state index contributed by atoms with van der Waals surface area (Å²) in [6.45, 7) is 0.